The number of hydrogen-bond donors (Lipinski definition) is 1. The molecule has 0 amide bonds. The molecule has 0 radical (unpaired) electrons. The second-order valence-electron chi connectivity index (χ2n) is 4.46. The molecule has 0 bridgehead atoms. The Morgan fingerprint density at radius 2 is 2.05 bits per heavy atom. The van der Waals surface area contributed by atoms with Gasteiger partial charge in [0.05, 0.1) is 0 Å². The lowest BCUT2D eigenvalue weighted by Crippen LogP contribution is -1.99. The van der Waals surface area contributed by atoms with Crippen LogP contribution in [0.25, 0.3) is 0 Å². The summed E-state index contributed by atoms with van der Waals surface area (Å²) < 4.78 is 19.1. The third-order valence-electron chi connectivity index (χ3n) is 2.90. The molecule has 0 unspecified atom stereocenters. The molecule has 2 nitrogen and oxygen atoms in total. The van der Waals surface area contributed by atoms with Crippen molar-refractivity contribution in [1.29, 1.82) is 0 Å². The number of benzene rings is 2. The lowest BCUT2D eigenvalue weighted by atomic mass is 10.1. The Bertz CT molecular complexity index is 702. The first-order valence-corrected chi connectivity index (χ1v) is 6.75. The Kier molecular flexibility index (Phi) is 5.21. The van der Waals surface area contributed by atoms with Crippen molar-refractivity contribution in [3.8, 4) is 17.6 Å². The van der Waals surface area contributed by atoms with Crippen LogP contribution in [0.1, 0.15) is 16.7 Å². The van der Waals surface area contributed by atoms with Gasteiger partial charge in [-0.3, -0.25) is 0 Å². The number of aliphatic hydroxyl groups excluding tert-OH is 1. The molecular weight excluding hydrogens is 291 g/mol. The van der Waals surface area contributed by atoms with E-state index < -0.39 is 0 Å². The number of halogens is 2. The van der Waals surface area contributed by atoms with Crippen LogP contribution in [0.2, 0.25) is 5.02 Å². The summed E-state index contributed by atoms with van der Waals surface area (Å²) in [4.78, 5) is 0. The minimum atomic E-state index is -0.346. The van der Waals surface area contributed by atoms with Crippen molar-refractivity contribution in [3.63, 3.8) is 0 Å². The highest BCUT2D eigenvalue weighted by Gasteiger charge is 2.05. The summed E-state index contributed by atoms with van der Waals surface area (Å²) in [5, 5.41) is 9.16. The maximum atomic E-state index is 13.6. The number of aryl methyl sites for hydroxylation is 1. The Balaban J connectivity index is 2.10. The van der Waals surface area contributed by atoms with Gasteiger partial charge < -0.3 is 9.84 Å². The lowest BCUT2D eigenvalue weighted by Gasteiger charge is -2.09. The van der Waals surface area contributed by atoms with E-state index in [4.69, 9.17) is 21.4 Å². The van der Waals surface area contributed by atoms with Crippen LogP contribution < -0.4 is 4.74 Å². The number of aliphatic hydroxyl groups is 1. The van der Waals surface area contributed by atoms with Gasteiger partial charge in [-0.15, -0.1) is 0 Å². The zero-order valence-corrected chi connectivity index (χ0v) is 12.2. The minimum Gasteiger partial charge on any atom is -0.489 e. The minimum absolute atomic E-state index is 0.105. The van der Waals surface area contributed by atoms with Crippen molar-refractivity contribution in [2.75, 3.05) is 6.61 Å². The molecule has 2 aromatic rings. The molecular formula is C17H14ClFO2. The van der Waals surface area contributed by atoms with Gasteiger partial charge in [0.1, 0.15) is 24.8 Å². The molecule has 2 aromatic carbocycles. The summed E-state index contributed by atoms with van der Waals surface area (Å²) in [6.45, 7) is 1.83. The Hall–Kier alpha value is -2.02. The molecule has 108 valence electrons. The topological polar surface area (TPSA) is 29.5 Å². The van der Waals surface area contributed by atoms with Crippen LogP contribution in [0.15, 0.2) is 36.4 Å². The molecule has 0 aromatic heterocycles. The highest BCUT2D eigenvalue weighted by molar-refractivity contribution is 6.30. The second kappa shape index (κ2) is 7.12. The molecule has 2 rings (SSSR count). The molecule has 0 heterocycles. The van der Waals surface area contributed by atoms with E-state index in [1.54, 1.807) is 12.1 Å². The Morgan fingerprint density at radius 3 is 2.76 bits per heavy atom. The molecule has 0 aliphatic rings. The SMILES string of the molecule is Cc1cc(OCc2cc(Cl)ccc2F)ccc1C#CCO. The molecule has 0 saturated carbocycles. The summed E-state index contributed by atoms with van der Waals surface area (Å²) in [5.41, 5.74) is 2.16. The molecule has 0 atom stereocenters. The molecule has 1 N–H and O–H groups in total. The van der Waals surface area contributed by atoms with Gasteiger partial charge >= 0.3 is 0 Å². The van der Waals surface area contributed by atoms with Crippen LogP contribution >= 0.6 is 11.6 Å². The van der Waals surface area contributed by atoms with Gasteiger partial charge in [0.15, 0.2) is 0 Å². The standard InChI is InChI=1S/C17H14ClFO2/c1-12-9-16(6-4-13(12)3-2-8-20)21-11-14-10-15(18)5-7-17(14)19/h4-7,9-10,20H,8,11H2,1H3. The maximum Gasteiger partial charge on any atom is 0.129 e. The first-order chi connectivity index (χ1) is 10.1. The Morgan fingerprint density at radius 1 is 1.24 bits per heavy atom. The van der Waals surface area contributed by atoms with E-state index in [1.807, 2.05) is 19.1 Å². The lowest BCUT2D eigenvalue weighted by molar-refractivity contribution is 0.299. The fourth-order valence-electron chi connectivity index (χ4n) is 1.82. The normalized spacial score (nSPS) is 9.90. The van der Waals surface area contributed by atoms with Gasteiger partial charge in [-0.1, -0.05) is 23.4 Å². The molecule has 0 fully saturated rings. The number of hydrogen-bond acceptors (Lipinski definition) is 2. The molecule has 0 aliphatic heterocycles. The van der Waals surface area contributed by atoms with Crippen LogP contribution in [0.5, 0.6) is 5.75 Å². The first-order valence-electron chi connectivity index (χ1n) is 6.37. The summed E-state index contributed by atoms with van der Waals surface area (Å²) in [6.07, 6.45) is 0. The molecule has 0 aliphatic carbocycles. The zero-order valence-electron chi connectivity index (χ0n) is 11.5. The summed E-state index contributed by atoms with van der Waals surface area (Å²) in [7, 11) is 0. The van der Waals surface area contributed by atoms with Crippen molar-refractivity contribution in [1.82, 2.24) is 0 Å². The van der Waals surface area contributed by atoms with E-state index in [0.717, 1.165) is 11.1 Å². The summed E-state index contributed by atoms with van der Waals surface area (Å²) in [5.74, 6) is 5.72. The molecule has 21 heavy (non-hydrogen) atoms. The van der Waals surface area contributed by atoms with Gasteiger partial charge in [-0.2, -0.15) is 0 Å². The van der Waals surface area contributed by atoms with Crippen LogP contribution in [-0.4, -0.2) is 11.7 Å². The smallest absolute Gasteiger partial charge is 0.129 e. The van der Waals surface area contributed by atoms with E-state index in [1.165, 1.54) is 12.1 Å². The van der Waals surface area contributed by atoms with Crippen LogP contribution in [0.3, 0.4) is 0 Å². The first kappa shape index (κ1) is 15.4. The van der Waals surface area contributed by atoms with Gasteiger partial charge in [-0.25, -0.2) is 4.39 Å². The monoisotopic (exact) mass is 304 g/mol. The van der Waals surface area contributed by atoms with Crippen LogP contribution in [-0.2, 0) is 6.61 Å². The summed E-state index contributed by atoms with van der Waals surface area (Å²) >= 11 is 5.84. The van der Waals surface area contributed by atoms with E-state index in [9.17, 15) is 4.39 Å². The van der Waals surface area contributed by atoms with Crippen LogP contribution in [0.4, 0.5) is 4.39 Å². The predicted molar refractivity (Wildman–Crippen MR) is 80.9 cm³/mol. The average Bonchev–Trinajstić information content (AvgIpc) is 2.47. The van der Waals surface area contributed by atoms with Gasteiger partial charge in [0, 0.05) is 16.1 Å². The number of ether oxygens (including phenoxy) is 1. The maximum absolute atomic E-state index is 13.6. The largest absolute Gasteiger partial charge is 0.489 e. The van der Waals surface area contributed by atoms with Crippen LogP contribution in [0, 0.1) is 24.6 Å². The average molecular weight is 305 g/mol. The fraction of sp³-hybridized carbons (Fsp3) is 0.176. The Labute approximate surface area is 128 Å². The predicted octanol–water partition coefficient (Wildman–Crippen LogP) is 3.71. The van der Waals surface area contributed by atoms with Gasteiger partial charge in [-0.05, 0) is 48.9 Å². The highest BCUT2D eigenvalue weighted by Crippen LogP contribution is 2.20. The van der Waals surface area contributed by atoms with Gasteiger partial charge in [0.2, 0.25) is 0 Å². The molecule has 0 saturated heterocycles. The van der Waals surface area contributed by atoms with E-state index in [0.29, 0.717) is 16.3 Å². The third kappa shape index (κ3) is 4.22. The van der Waals surface area contributed by atoms with E-state index in [-0.39, 0.29) is 19.0 Å². The molecule has 0 spiro atoms. The van der Waals surface area contributed by atoms with Crippen molar-refractivity contribution < 1.29 is 14.2 Å². The number of rotatable bonds is 3. The van der Waals surface area contributed by atoms with Gasteiger partial charge in [0.25, 0.3) is 0 Å². The zero-order chi connectivity index (χ0) is 15.2. The van der Waals surface area contributed by atoms with Crippen molar-refractivity contribution in [2.45, 2.75) is 13.5 Å². The fourth-order valence-corrected chi connectivity index (χ4v) is 2.01. The van der Waals surface area contributed by atoms with Crippen molar-refractivity contribution >= 4 is 11.6 Å². The highest BCUT2D eigenvalue weighted by atomic mass is 35.5. The molecule has 4 heteroatoms. The second-order valence-corrected chi connectivity index (χ2v) is 4.90. The quantitative estimate of drug-likeness (QED) is 0.876. The van der Waals surface area contributed by atoms with Crippen molar-refractivity contribution in [3.05, 3.63) is 63.9 Å². The van der Waals surface area contributed by atoms with E-state index >= 15 is 0 Å². The van der Waals surface area contributed by atoms with Crippen molar-refractivity contribution in [2.24, 2.45) is 0 Å². The third-order valence-corrected chi connectivity index (χ3v) is 3.14. The van der Waals surface area contributed by atoms with E-state index in [2.05, 4.69) is 11.8 Å². The summed E-state index contributed by atoms with van der Waals surface area (Å²) in [6, 6.07) is 9.76.